The van der Waals surface area contributed by atoms with Crippen LogP contribution in [0.2, 0.25) is 0 Å². The van der Waals surface area contributed by atoms with Crippen molar-refractivity contribution in [2.75, 3.05) is 13.2 Å². The number of aliphatic hydroxyl groups excluding tert-OH is 1. The summed E-state index contributed by atoms with van der Waals surface area (Å²) in [7, 11) is 0. The number of carbonyl (C=O) groups is 2. The molecule has 0 unspecified atom stereocenters. The number of nitrogens with two attached hydrogens (primary N) is 1. The van der Waals surface area contributed by atoms with Crippen molar-refractivity contribution >= 4 is 11.9 Å². The van der Waals surface area contributed by atoms with Gasteiger partial charge in [0.25, 0.3) is 0 Å². The molecule has 0 radical (unpaired) electrons. The molecule has 1 saturated heterocycles. The highest BCUT2D eigenvalue weighted by molar-refractivity contribution is 5.78. The third kappa shape index (κ3) is 6.21. The average molecular weight is 311 g/mol. The molecular weight excluding hydrogens is 290 g/mol. The van der Waals surface area contributed by atoms with Crippen molar-refractivity contribution in [1.29, 1.82) is 0 Å². The maximum atomic E-state index is 10.8. The number of hydrogen-bond donors (Lipinski definition) is 3. The molecular formula is C15H21NO6. The third-order valence-electron chi connectivity index (χ3n) is 2.99. The van der Waals surface area contributed by atoms with Gasteiger partial charge in [-0.2, -0.15) is 0 Å². The first-order chi connectivity index (χ1) is 10.4. The molecule has 0 aromatic heterocycles. The van der Waals surface area contributed by atoms with E-state index in [1.165, 1.54) is 6.92 Å². The number of aliphatic carboxylic acids is 1. The Morgan fingerprint density at radius 2 is 2.00 bits per heavy atom. The van der Waals surface area contributed by atoms with Crippen molar-refractivity contribution in [3.8, 4) is 0 Å². The van der Waals surface area contributed by atoms with Gasteiger partial charge in [0.2, 0.25) is 6.10 Å². The van der Waals surface area contributed by atoms with Crippen molar-refractivity contribution in [1.82, 2.24) is 0 Å². The van der Waals surface area contributed by atoms with E-state index in [4.69, 9.17) is 20.7 Å². The summed E-state index contributed by atoms with van der Waals surface area (Å²) in [6, 6.07) is 8.27. The van der Waals surface area contributed by atoms with E-state index in [2.05, 4.69) is 4.74 Å². The maximum absolute atomic E-state index is 10.8. The van der Waals surface area contributed by atoms with E-state index in [-0.39, 0.29) is 6.04 Å². The van der Waals surface area contributed by atoms with Crippen molar-refractivity contribution < 1.29 is 29.3 Å². The summed E-state index contributed by atoms with van der Waals surface area (Å²) in [4.78, 5) is 21.4. The smallest absolute Gasteiger partial charge is 0.349 e. The summed E-state index contributed by atoms with van der Waals surface area (Å²) in [5, 5.41) is 17.7. The van der Waals surface area contributed by atoms with Crippen LogP contribution in [0.3, 0.4) is 0 Å². The van der Waals surface area contributed by atoms with Crippen LogP contribution in [-0.2, 0) is 19.1 Å². The zero-order chi connectivity index (χ0) is 16.5. The van der Waals surface area contributed by atoms with Gasteiger partial charge in [0.1, 0.15) is 0 Å². The number of carboxylic acids is 1. The molecule has 0 aliphatic carbocycles. The van der Waals surface area contributed by atoms with Crippen molar-refractivity contribution in [2.45, 2.75) is 31.6 Å². The van der Waals surface area contributed by atoms with Crippen LogP contribution in [0.1, 0.15) is 25.0 Å². The Morgan fingerprint density at radius 3 is 2.41 bits per heavy atom. The molecule has 3 atom stereocenters. The first-order valence-electron chi connectivity index (χ1n) is 6.88. The lowest BCUT2D eigenvalue weighted by Gasteiger charge is -2.23. The zero-order valence-electron chi connectivity index (χ0n) is 12.3. The lowest BCUT2D eigenvalue weighted by molar-refractivity contribution is -0.163. The molecule has 1 aliphatic heterocycles. The maximum Gasteiger partial charge on any atom is 0.349 e. The summed E-state index contributed by atoms with van der Waals surface area (Å²) < 4.78 is 9.58. The second kappa shape index (κ2) is 9.14. The second-order valence-electron chi connectivity index (χ2n) is 4.83. The molecule has 4 N–H and O–H groups in total. The molecule has 0 saturated carbocycles. The van der Waals surface area contributed by atoms with Crippen LogP contribution in [0, 0.1) is 0 Å². The van der Waals surface area contributed by atoms with Crippen LogP contribution in [0.5, 0.6) is 0 Å². The highest BCUT2D eigenvalue weighted by atomic mass is 16.6. The van der Waals surface area contributed by atoms with E-state index in [9.17, 15) is 9.59 Å². The van der Waals surface area contributed by atoms with Gasteiger partial charge in [-0.05, 0) is 6.42 Å². The minimum atomic E-state index is -1.21. The molecule has 1 fully saturated rings. The molecule has 122 valence electrons. The van der Waals surface area contributed by atoms with Crippen molar-refractivity contribution in [3.05, 3.63) is 35.9 Å². The molecule has 1 aromatic rings. The fourth-order valence-corrected chi connectivity index (χ4v) is 1.79. The number of benzene rings is 1. The van der Waals surface area contributed by atoms with Gasteiger partial charge in [0.15, 0.2) is 0 Å². The Balaban J connectivity index is 0.000000255. The average Bonchev–Trinajstić information content (AvgIpc) is 2.49. The second-order valence-corrected chi connectivity index (χ2v) is 4.83. The lowest BCUT2D eigenvalue weighted by atomic mass is 10.1. The Kier molecular flexibility index (Phi) is 7.51. The molecule has 1 aromatic carbocycles. The summed E-state index contributed by atoms with van der Waals surface area (Å²) in [6.45, 7) is 2.28. The number of carbonyl (C=O) groups excluding carboxylic acids is 1. The van der Waals surface area contributed by atoms with Gasteiger partial charge in [-0.15, -0.1) is 0 Å². The monoisotopic (exact) mass is 311 g/mol. The first kappa shape index (κ1) is 18.1. The normalized spacial score (nSPS) is 22.0. The van der Waals surface area contributed by atoms with Gasteiger partial charge in [0, 0.05) is 25.1 Å². The molecule has 22 heavy (non-hydrogen) atoms. The van der Waals surface area contributed by atoms with Gasteiger partial charge in [-0.25, -0.2) is 4.79 Å². The molecule has 1 aliphatic rings. The van der Waals surface area contributed by atoms with E-state index >= 15 is 0 Å². The fraction of sp³-hybridized carbons (Fsp3) is 0.467. The van der Waals surface area contributed by atoms with E-state index in [0.717, 1.165) is 6.42 Å². The first-order valence-corrected chi connectivity index (χ1v) is 6.88. The van der Waals surface area contributed by atoms with Gasteiger partial charge in [-0.1, -0.05) is 30.3 Å². The lowest BCUT2D eigenvalue weighted by Crippen LogP contribution is -2.42. The Labute approximate surface area is 128 Å². The van der Waals surface area contributed by atoms with E-state index in [0.29, 0.717) is 18.8 Å². The molecule has 0 amide bonds. The topological polar surface area (TPSA) is 119 Å². The van der Waals surface area contributed by atoms with Crippen LogP contribution < -0.4 is 5.73 Å². The number of esters is 1. The Bertz CT molecular complexity index is 468. The fourth-order valence-electron chi connectivity index (χ4n) is 1.79. The highest BCUT2D eigenvalue weighted by Crippen LogP contribution is 2.17. The van der Waals surface area contributed by atoms with Gasteiger partial charge in [-0.3, -0.25) is 4.79 Å². The standard InChI is InChI=1S/C10H10O4.C5H11NO2/c1-7(11)14-9(10(12)13)8-5-3-2-4-6-8;6-4-1-2-8-3-5(4)7/h2-6,9H,1H3,(H,12,13);4-5,7H,1-3,6H2/t9-;4-,5-/m00/s1. The van der Waals surface area contributed by atoms with Crippen molar-refractivity contribution in [2.24, 2.45) is 5.73 Å². The minimum Gasteiger partial charge on any atom is -0.478 e. The number of ether oxygens (including phenoxy) is 2. The van der Waals surface area contributed by atoms with Gasteiger partial charge >= 0.3 is 11.9 Å². The summed E-state index contributed by atoms with van der Waals surface area (Å²) in [5.41, 5.74) is 5.90. The van der Waals surface area contributed by atoms with Crippen molar-refractivity contribution in [3.63, 3.8) is 0 Å². The highest BCUT2D eigenvalue weighted by Gasteiger charge is 2.22. The van der Waals surface area contributed by atoms with Crippen LogP contribution in [0.4, 0.5) is 0 Å². The van der Waals surface area contributed by atoms with Crippen LogP contribution in [-0.4, -0.2) is 47.5 Å². The molecule has 0 spiro atoms. The van der Waals surface area contributed by atoms with Crippen LogP contribution >= 0.6 is 0 Å². The number of hydrogen-bond acceptors (Lipinski definition) is 6. The number of carboxylic acid groups (broad SMARTS) is 1. The largest absolute Gasteiger partial charge is 0.478 e. The summed E-state index contributed by atoms with van der Waals surface area (Å²) >= 11 is 0. The SMILES string of the molecule is CC(=O)O[C@H](C(=O)O)c1ccccc1.N[C@H]1CCOC[C@@H]1O. The minimum absolute atomic E-state index is 0.0660. The number of aliphatic hydroxyl groups is 1. The van der Waals surface area contributed by atoms with E-state index in [1.807, 2.05) is 0 Å². The zero-order valence-corrected chi connectivity index (χ0v) is 12.3. The molecule has 1 heterocycles. The van der Waals surface area contributed by atoms with Crippen LogP contribution in [0.15, 0.2) is 30.3 Å². The summed E-state index contributed by atoms with van der Waals surface area (Å²) in [5.74, 6) is -1.78. The Hall–Kier alpha value is -1.96. The Morgan fingerprint density at radius 1 is 1.36 bits per heavy atom. The molecule has 7 nitrogen and oxygen atoms in total. The van der Waals surface area contributed by atoms with E-state index in [1.54, 1.807) is 30.3 Å². The van der Waals surface area contributed by atoms with Crippen LogP contribution in [0.25, 0.3) is 0 Å². The van der Waals surface area contributed by atoms with Gasteiger partial charge < -0.3 is 25.4 Å². The predicted octanol–water partition coefficient (Wildman–Crippen LogP) is 0.470. The third-order valence-corrected chi connectivity index (χ3v) is 2.99. The quantitative estimate of drug-likeness (QED) is 0.694. The predicted molar refractivity (Wildman–Crippen MR) is 78.0 cm³/mol. The number of rotatable bonds is 3. The molecule has 2 rings (SSSR count). The summed E-state index contributed by atoms with van der Waals surface area (Å²) in [6.07, 6.45) is -0.876. The van der Waals surface area contributed by atoms with Gasteiger partial charge in [0.05, 0.1) is 12.7 Å². The molecule has 0 bridgehead atoms. The van der Waals surface area contributed by atoms with E-state index < -0.39 is 24.1 Å². The molecule has 7 heteroatoms.